The van der Waals surface area contributed by atoms with E-state index in [1.54, 1.807) is 31.3 Å². The number of aromatic nitrogens is 1. The van der Waals surface area contributed by atoms with Gasteiger partial charge in [0.2, 0.25) is 0 Å². The average molecular weight is 247 g/mol. The minimum Gasteiger partial charge on any atom is -0.463 e. The molecule has 0 atom stereocenters. The fourth-order valence-corrected chi connectivity index (χ4v) is 1.80. The fraction of sp³-hybridized carbons (Fsp3) is 0.214. The Bertz CT molecular complexity index is 586. The summed E-state index contributed by atoms with van der Waals surface area (Å²) in [5.74, 6) is -0.597. The molecule has 18 heavy (non-hydrogen) atoms. The number of nitrogens with zero attached hydrogens (tertiary/aromatic N) is 1. The van der Waals surface area contributed by atoms with Crippen LogP contribution in [0.25, 0.3) is 10.9 Å². The molecule has 94 valence electrons. The van der Waals surface area contributed by atoms with Gasteiger partial charge in [-0.05, 0) is 25.1 Å². The van der Waals surface area contributed by atoms with Gasteiger partial charge in [0.25, 0.3) is 0 Å². The molecule has 0 spiro atoms. The molecule has 2 aromatic rings. The molecule has 0 radical (unpaired) electrons. The molecule has 0 amide bonds. The van der Waals surface area contributed by atoms with Crippen LogP contribution in [0.1, 0.15) is 6.92 Å². The van der Waals surface area contributed by atoms with Gasteiger partial charge in [-0.25, -0.2) is 9.18 Å². The van der Waals surface area contributed by atoms with Crippen molar-refractivity contribution >= 4 is 16.9 Å². The van der Waals surface area contributed by atoms with Crippen LogP contribution < -0.4 is 0 Å². The highest BCUT2D eigenvalue weighted by atomic mass is 19.1. The number of carbonyl (C=O) groups is 1. The van der Waals surface area contributed by atoms with Gasteiger partial charge < -0.3 is 9.30 Å². The van der Waals surface area contributed by atoms with Crippen molar-refractivity contribution in [1.82, 2.24) is 4.57 Å². The van der Waals surface area contributed by atoms with Crippen LogP contribution in [0.3, 0.4) is 0 Å². The SMILES string of the molecule is CCOC(=O)/C=C/Cn1ccc2c(F)cccc21. The number of hydrogen-bond acceptors (Lipinski definition) is 2. The molecule has 0 bridgehead atoms. The summed E-state index contributed by atoms with van der Waals surface area (Å²) in [7, 11) is 0. The number of rotatable bonds is 4. The van der Waals surface area contributed by atoms with E-state index >= 15 is 0 Å². The Hall–Kier alpha value is -2.10. The third-order valence-electron chi connectivity index (χ3n) is 2.60. The molecule has 0 aliphatic heterocycles. The van der Waals surface area contributed by atoms with E-state index < -0.39 is 0 Å². The minimum atomic E-state index is -0.361. The summed E-state index contributed by atoms with van der Waals surface area (Å²) in [6.07, 6.45) is 4.88. The van der Waals surface area contributed by atoms with E-state index in [0.29, 0.717) is 18.5 Å². The van der Waals surface area contributed by atoms with Crippen molar-refractivity contribution in [1.29, 1.82) is 0 Å². The van der Waals surface area contributed by atoms with E-state index in [-0.39, 0.29) is 11.8 Å². The van der Waals surface area contributed by atoms with Gasteiger partial charge in [-0.1, -0.05) is 12.1 Å². The highest BCUT2D eigenvalue weighted by molar-refractivity contribution is 5.82. The largest absolute Gasteiger partial charge is 0.463 e. The molecule has 2 rings (SSSR count). The second kappa shape index (κ2) is 5.49. The zero-order valence-corrected chi connectivity index (χ0v) is 10.1. The molecule has 1 aromatic heterocycles. The fourth-order valence-electron chi connectivity index (χ4n) is 1.80. The Kier molecular flexibility index (Phi) is 3.77. The number of allylic oxidation sites excluding steroid dienone is 1. The summed E-state index contributed by atoms with van der Waals surface area (Å²) in [5, 5.41) is 0.585. The summed E-state index contributed by atoms with van der Waals surface area (Å²) in [6.45, 7) is 2.63. The molecular weight excluding hydrogens is 233 g/mol. The van der Waals surface area contributed by atoms with Crippen LogP contribution in [-0.2, 0) is 16.1 Å². The zero-order chi connectivity index (χ0) is 13.0. The zero-order valence-electron chi connectivity index (χ0n) is 10.1. The molecule has 0 saturated carbocycles. The van der Waals surface area contributed by atoms with Crippen LogP contribution in [0, 0.1) is 5.82 Å². The first-order valence-electron chi connectivity index (χ1n) is 5.79. The minimum absolute atomic E-state index is 0.236. The van der Waals surface area contributed by atoms with Crippen LogP contribution in [0.15, 0.2) is 42.6 Å². The van der Waals surface area contributed by atoms with Crippen molar-refractivity contribution < 1.29 is 13.9 Å². The van der Waals surface area contributed by atoms with E-state index in [1.807, 2.05) is 10.6 Å². The van der Waals surface area contributed by atoms with Crippen molar-refractivity contribution in [2.24, 2.45) is 0 Å². The Labute approximate surface area is 104 Å². The summed E-state index contributed by atoms with van der Waals surface area (Å²) >= 11 is 0. The van der Waals surface area contributed by atoms with Gasteiger partial charge in [-0.3, -0.25) is 0 Å². The summed E-state index contributed by atoms with van der Waals surface area (Å²) in [6, 6.07) is 6.67. The molecule has 1 aromatic carbocycles. The van der Waals surface area contributed by atoms with Gasteiger partial charge in [-0.15, -0.1) is 0 Å². The molecule has 1 heterocycles. The molecule has 0 aliphatic carbocycles. The van der Waals surface area contributed by atoms with Gasteiger partial charge in [-0.2, -0.15) is 0 Å². The molecule has 0 fully saturated rings. The third kappa shape index (κ3) is 2.59. The van der Waals surface area contributed by atoms with Crippen molar-refractivity contribution in [2.75, 3.05) is 6.61 Å². The smallest absolute Gasteiger partial charge is 0.330 e. The quantitative estimate of drug-likeness (QED) is 0.614. The van der Waals surface area contributed by atoms with Gasteiger partial charge in [0, 0.05) is 24.2 Å². The van der Waals surface area contributed by atoms with Crippen molar-refractivity contribution in [3.05, 3.63) is 48.4 Å². The molecule has 0 aliphatic rings. The molecular formula is C14H14FNO2. The molecule has 4 heteroatoms. The summed E-state index contributed by atoms with van der Waals surface area (Å²) < 4.78 is 20.1. The monoisotopic (exact) mass is 247 g/mol. The predicted octanol–water partition coefficient (Wildman–Crippen LogP) is 2.90. The lowest BCUT2D eigenvalue weighted by atomic mass is 10.2. The highest BCUT2D eigenvalue weighted by Crippen LogP contribution is 2.18. The normalized spacial score (nSPS) is 11.2. The van der Waals surface area contributed by atoms with E-state index in [2.05, 4.69) is 0 Å². The third-order valence-corrected chi connectivity index (χ3v) is 2.60. The van der Waals surface area contributed by atoms with Crippen LogP contribution in [0.5, 0.6) is 0 Å². The van der Waals surface area contributed by atoms with Gasteiger partial charge in [0.05, 0.1) is 12.1 Å². The number of carbonyl (C=O) groups excluding carboxylic acids is 1. The molecule has 0 unspecified atom stereocenters. The average Bonchev–Trinajstić information content (AvgIpc) is 2.75. The van der Waals surface area contributed by atoms with Crippen LogP contribution in [0.2, 0.25) is 0 Å². The number of hydrogen-bond donors (Lipinski definition) is 0. The Balaban J connectivity index is 2.13. The van der Waals surface area contributed by atoms with Gasteiger partial charge in [0.1, 0.15) is 5.82 Å². The van der Waals surface area contributed by atoms with E-state index in [4.69, 9.17) is 4.74 Å². The molecule has 3 nitrogen and oxygen atoms in total. The van der Waals surface area contributed by atoms with Crippen molar-refractivity contribution in [3.8, 4) is 0 Å². The molecule has 0 N–H and O–H groups in total. The topological polar surface area (TPSA) is 31.2 Å². The van der Waals surface area contributed by atoms with Gasteiger partial charge >= 0.3 is 5.97 Å². The van der Waals surface area contributed by atoms with Crippen LogP contribution in [-0.4, -0.2) is 17.1 Å². The first kappa shape index (κ1) is 12.4. The van der Waals surface area contributed by atoms with Crippen LogP contribution in [0.4, 0.5) is 4.39 Å². The number of halogens is 1. The first-order chi connectivity index (χ1) is 8.72. The highest BCUT2D eigenvalue weighted by Gasteiger charge is 2.03. The molecule has 0 saturated heterocycles. The maximum absolute atomic E-state index is 13.4. The maximum atomic E-state index is 13.4. The summed E-state index contributed by atoms with van der Waals surface area (Å²) in [4.78, 5) is 11.1. The van der Waals surface area contributed by atoms with Crippen molar-refractivity contribution in [2.45, 2.75) is 13.5 Å². The Morgan fingerprint density at radius 2 is 2.28 bits per heavy atom. The lowest BCUT2D eigenvalue weighted by molar-refractivity contribution is -0.137. The Morgan fingerprint density at radius 1 is 1.44 bits per heavy atom. The summed E-state index contributed by atoms with van der Waals surface area (Å²) in [5.41, 5.74) is 0.809. The number of fused-ring (bicyclic) bond motifs is 1. The van der Waals surface area contributed by atoms with E-state index in [0.717, 1.165) is 5.52 Å². The first-order valence-corrected chi connectivity index (χ1v) is 5.79. The van der Waals surface area contributed by atoms with E-state index in [9.17, 15) is 9.18 Å². The maximum Gasteiger partial charge on any atom is 0.330 e. The number of ether oxygens (including phenoxy) is 1. The van der Waals surface area contributed by atoms with E-state index in [1.165, 1.54) is 12.1 Å². The Morgan fingerprint density at radius 3 is 3.06 bits per heavy atom. The van der Waals surface area contributed by atoms with Crippen LogP contribution >= 0.6 is 0 Å². The van der Waals surface area contributed by atoms with Gasteiger partial charge in [0.15, 0.2) is 0 Å². The van der Waals surface area contributed by atoms with Crippen molar-refractivity contribution in [3.63, 3.8) is 0 Å². The second-order valence-electron chi connectivity index (χ2n) is 3.80. The lowest BCUT2D eigenvalue weighted by Crippen LogP contribution is -2.00. The predicted molar refractivity (Wildman–Crippen MR) is 67.7 cm³/mol. The lowest BCUT2D eigenvalue weighted by Gasteiger charge is -2.01. The number of benzene rings is 1. The second-order valence-corrected chi connectivity index (χ2v) is 3.80. The standard InChI is InChI=1S/C14H14FNO2/c1-2-18-14(17)7-4-9-16-10-8-11-12(15)5-3-6-13(11)16/h3-8,10H,2,9H2,1H3/b7-4+. The number of esters is 1.